The van der Waals surface area contributed by atoms with Crippen LogP contribution in [0.5, 0.6) is 5.75 Å². The van der Waals surface area contributed by atoms with E-state index >= 15 is 0 Å². The normalized spacial score (nSPS) is 10.3. The molecule has 0 unspecified atom stereocenters. The fourth-order valence-electron chi connectivity index (χ4n) is 2.11. The number of carbonyl (C=O) groups excluding carboxylic acids is 1. The van der Waals surface area contributed by atoms with E-state index in [1.165, 1.54) is 18.2 Å². The summed E-state index contributed by atoms with van der Waals surface area (Å²) in [5.74, 6) is 0.475. The zero-order valence-corrected chi connectivity index (χ0v) is 15.1. The van der Waals surface area contributed by atoms with Crippen LogP contribution in [0.1, 0.15) is 21.5 Å². The lowest BCUT2D eigenvalue weighted by Gasteiger charge is -2.12. The molecule has 2 aromatic carbocycles. The van der Waals surface area contributed by atoms with Gasteiger partial charge in [-0.1, -0.05) is 22.0 Å². The molecule has 0 amide bonds. The lowest BCUT2D eigenvalue weighted by atomic mass is 10.1. The summed E-state index contributed by atoms with van der Waals surface area (Å²) in [5, 5.41) is 3.21. The summed E-state index contributed by atoms with van der Waals surface area (Å²) in [5.41, 5.74) is 3.67. The molecule has 2 aromatic rings. The van der Waals surface area contributed by atoms with Crippen LogP contribution in [-0.4, -0.2) is 26.2 Å². The average molecular weight is 378 g/mol. The zero-order chi connectivity index (χ0) is 16.8. The van der Waals surface area contributed by atoms with Gasteiger partial charge < -0.3 is 14.8 Å². The van der Waals surface area contributed by atoms with Crippen molar-refractivity contribution in [1.29, 1.82) is 0 Å². The maximum atomic E-state index is 11.8. The Morgan fingerprint density at radius 3 is 2.61 bits per heavy atom. The van der Waals surface area contributed by atoms with Gasteiger partial charge >= 0.3 is 5.97 Å². The van der Waals surface area contributed by atoms with Crippen molar-refractivity contribution in [1.82, 2.24) is 0 Å². The maximum Gasteiger partial charge on any atom is 0.340 e. The molecule has 0 spiro atoms. The number of ether oxygens (including phenoxy) is 2. The van der Waals surface area contributed by atoms with E-state index in [2.05, 4.69) is 35.1 Å². The van der Waals surface area contributed by atoms with Crippen molar-refractivity contribution in [3.63, 3.8) is 0 Å². The Kier molecular flexibility index (Phi) is 6.04. The minimum absolute atomic E-state index is 0.371. The van der Waals surface area contributed by atoms with Gasteiger partial charge in [0.2, 0.25) is 0 Å². The molecule has 0 aromatic heterocycles. The first kappa shape index (κ1) is 17.3. The lowest BCUT2D eigenvalue weighted by molar-refractivity contribution is 0.0601. The number of benzene rings is 2. The highest BCUT2D eigenvalue weighted by molar-refractivity contribution is 9.10. The summed E-state index contributed by atoms with van der Waals surface area (Å²) in [6.45, 7) is 5.21. The number of halogens is 1. The van der Waals surface area contributed by atoms with E-state index < -0.39 is 0 Å². The fourth-order valence-corrected chi connectivity index (χ4v) is 2.47. The average Bonchev–Trinajstić information content (AvgIpc) is 2.55. The molecule has 0 aliphatic heterocycles. The van der Waals surface area contributed by atoms with E-state index in [0.717, 1.165) is 15.9 Å². The molecule has 23 heavy (non-hydrogen) atoms. The van der Waals surface area contributed by atoms with Crippen molar-refractivity contribution in [2.24, 2.45) is 0 Å². The minimum Gasteiger partial charge on any atom is -0.492 e. The lowest BCUT2D eigenvalue weighted by Crippen LogP contribution is -2.14. The quantitative estimate of drug-likeness (QED) is 0.600. The maximum absolute atomic E-state index is 11.8. The molecule has 0 aliphatic carbocycles. The summed E-state index contributed by atoms with van der Waals surface area (Å²) < 4.78 is 11.4. The van der Waals surface area contributed by atoms with Crippen LogP contribution < -0.4 is 10.1 Å². The van der Waals surface area contributed by atoms with E-state index in [1.54, 1.807) is 6.07 Å². The summed E-state index contributed by atoms with van der Waals surface area (Å²) in [4.78, 5) is 11.8. The number of carbonyl (C=O) groups is 1. The molecular formula is C18H20BrNO3. The highest BCUT2D eigenvalue weighted by Gasteiger charge is 2.12. The summed E-state index contributed by atoms with van der Waals surface area (Å²) in [6.07, 6.45) is 0. The van der Waals surface area contributed by atoms with Gasteiger partial charge in [-0.15, -0.1) is 0 Å². The Hall–Kier alpha value is -2.01. The molecule has 122 valence electrons. The van der Waals surface area contributed by atoms with E-state index in [0.29, 0.717) is 18.7 Å². The minimum atomic E-state index is -0.371. The number of hydrogen-bond donors (Lipinski definition) is 1. The number of aryl methyl sites for hydroxylation is 2. The summed E-state index contributed by atoms with van der Waals surface area (Å²) in [7, 11) is 1.37. The molecule has 0 radical (unpaired) electrons. The molecule has 0 aliphatic rings. The summed E-state index contributed by atoms with van der Waals surface area (Å²) >= 11 is 3.36. The third-order valence-electron chi connectivity index (χ3n) is 3.55. The topological polar surface area (TPSA) is 47.6 Å². The standard InChI is InChI=1S/C18H20BrNO3/c1-12-4-6-15(10-13(12)2)23-9-8-20-17-7-5-14(19)11-16(17)18(21)22-3/h4-7,10-11,20H,8-9H2,1-3H3. The number of hydrogen-bond acceptors (Lipinski definition) is 4. The van der Waals surface area contributed by atoms with Gasteiger partial charge in [0, 0.05) is 16.7 Å². The first-order chi connectivity index (χ1) is 11.0. The van der Waals surface area contributed by atoms with Gasteiger partial charge in [0.25, 0.3) is 0 Å². The molecule has 0 fully saturated rings. The van der Waals surface area contributed by atoms with Crippen LogP contribution in [0.2, 0.25) is 0 Å². The molecule has 0 bridgehead atoms. The number of methoxy groups -OCH3 is 1. The van der Waals surface area contributed by atoms with Crippen LogP contribution in [0.3, 0.4) is 0 Å². The van der Waals surface area contributed by atoms with Gasteiger partial charge in [0.1, 0.15) is 12.4 Å². The number of rotatable bonds is 6. The molecular weight excluding hydrogens is 358 g/mol. The van der Waals surface area contributed by atoms with Crippen molar-refractivity contribution in [3.05, 3.63) is 57.6 Å². The molecule has 5 heteroatoms. The third kappa shape index (κ3) is 4.73. The third-order valence-corrected chi connectivity index (χ3v) is 4.04. The Balaban J connectivity index is 1.93. The van der Waals surface area contributed by atoms with Gasteiger partial charge in [-0.25, -0.2) is 4.79 Å². The van der Waals surface area contributed by atoms with Gasteiger partial charge in [-0.05, 0) is 55.3 Å². The monoisotopic (exact) mass is 377 g/mol. The van der Waals surface area contributed by atoms with Crippen molar-refractivity contribution >= 4 is 27.6 Å². The first-order valence-electron chi connectivity index (χ1n) is 7.33. The van der Waals surface area contributed by atoms with Crippen molar-refractivity contribution in [3.8, 4) is 5.75 Å². The molecule has 0 saturated carbocycles. The van der Waals surface area contributed by atoms with Crippen molar-refractivity contribution < 1.29 is 14.3 Å². The number of esters is 1. The Morgan fingerprint density at radius 1 is 1.13 bits per heavy atom. The Labute approximate surface area is 144 Å². The predicted octanol–water partition coefficient (Wildman–Crippen LogP) is 4.34. The van der Waals surface area contributed by atoms with Crippen molar-refractivity contribution in [2.75, 3.05) is 25.6 Å². The Bertz CT molecular complexity index is 701. The van der Waals surface area contributed by atoms with Crippen LogP contribution in [-0.2, 0) is 4.74 Å². The first-order valence-corrected chi connectivity index (χ1v) is 8.12. The van der Waals surface area contributed by atoms with Gasteiger partial charge in [-0.2, -0.15) is 0 Å². The van der Waals surface area contributed by atoms with Gasteiger partial charge in [0.15, 0.2) is 0 Å². The van der Waals surface area contributed by atoms with Gasteiger partial charge in [-0.3, -0.25) is 0 Å². The largest absolute Gasteiger partial charge is 0.492 e. The summed E-state index contributed by atoms with van der Waals surface area (Å²) in [6, 6.07) is 11.5. The molecule has 0 atom stereocenters. The van der Waals surface area contributed by atoms with Crippen LogP contribution in [0.25, 0.3) is 0 Å². The second-order valence-corrected chi connectivity index (χ2v) is 6.12. The van der Waals surface area contributed by atoms with Crippen molar-refractivity contribution in [2.45, 2.75) is 13.8 Å². The molecule has 2 rings (SSSR count). The van der Waals surface area contributed by atoms with Crippen LogP contribution in [0.4, 0.5) is 5.69 Å². The zero-order valence-electron chi connectivity index (χ0n) is 13.5. The highest BCUT2D eigenvalue weighted by atomic mass is 79.9. The Morgan fingerprint density at radius 2 is 1.91 bits per heavy atom. The molecule has 1 N–H and O–H groups in total. The second kappa shape index (κ2) is 8.02. The van der Waals surface area contributed by atoms with E-state index in [9.17, 15) is 4.79 Å². The van der Waals surface area contributed by atoms with Crippen LogP contribution in [0, 0.1) is 13.8 Å². The van der Waals surface area contributed by atoms with Crippen LogP contribution >= 0.6 is 15.9 Å². The fraction of sp³-hybridized carbons (Fsp3) is 0.278. The second-order valence-electron chi connectivity index (χ2n) is 5.20. The molecule has 0 heterocycles. The van der Waals surface area contributed by atoms with Crippen LogP contribution in [0.15, 0.2) is 40.9 Å². The number of anilines is 1. The SMILES string of the molecule is COC(=O)c1cc(Br)ccc1NCCOc1ccc(C)c(C)c1. The highest BCUT2D eigenvalue weighted by Crippen LogP contribution is 2.22. The van der Waals surface area contributed by atoms with Gasteiger partial charge in [0.05, 0.1) is 12.7 Å². The van der Waals surface area contributed by atoms with E-state index in [1.807, 2.05) is 30.3 Å². The van der Waals surface area contributed by atoms with E-state index in [4.69, 9.17) is 9.47 Å². The number of nitrogens with one attached hydrogen (secondary N) is 1. The smallest absolute Gasteiger partial charge is 0.340 e. The van der Waals surface area contributed by atoms with E-state index in [-0.39, 0.29) is 5.97 Å². The molecule has 0 saturated heterocycles. The molecule has 4 nitrogen and oxygen atoms in total. The predicted molar refractivity (Wildman–Crippen MR) is 95.4 cm³/mol.